The average molecular weight is 316 g/mol. The minimum absolute atomic E-state index is 0.108. The maximum atomic E-state index is 13.5. The molecule has 98 valence electrons. The first-order chi connectivity index (χ1) is 8.99. The maximum Gasteiger partial charge on any atom is 0.258 e. The van der Waals surface area contributed by atoms with Crippen LogP contribution in [0.25, 0.3) is 0 Å². The first-order valence-corrected chi connectivity index (χ1v) is 6.43. The molecule has 0 radical (unpaired) electrons. The summed E-state index contributed by atoms with van der Waals surface area (Å²) in [6.45, 7) is 0. The number of hydrogen-bond acceptors (Lipinski definition) is 2. The van der Waals surface area contributed by atoms with E-state index in [1.165, 1.54) is 18.2 Å². The van der Waals surface area contributed by atoms with E-state index < -0.39 is 11.7 Å². The van der Waals surface area contributed by atoms with Crippen molar-refractivity contribution in [3.63, 3.8) is 0 Å². The number of carbonyl (C=O) groups is 1. The van der Waals surface area contributed by atoms with Gasteiger partial charge in [-0.3, -0.25) is 4.79 Å². The van der Waals surface area contributed by atoms with Gasteiger partial charge < -0.3 is 5.32 Å². The predicted molar refractivity (Wildman–Crippen MR) is 78.1 cm³/mol. The zero-order chi connectivity index (χ0) is 14.0. The van der Waals surface area contributed by atoms with Gasteiger partial charge >= 0.3 is 0 Å². The minimum atomic E-state index is -0.631. The van der Waals surface area contributed by atoms with Crippen molar-refractivity contribution in [2.75, 3.05) is 5.32 Å². The molecule has 0 aliphatic heterocycles. The second-order valence-corrected chi connectivity index (χ2v) is 5.02. The summed E-state index contributed by atoms with van der Waals surface area (Å²) in [6.07, 6.45) is 0. The molecule has 6 heteroatoms. The molecule has 0 aliphatic rings. The van der Waals surface area contributed by atoms with E-state index in [0.717, 1.165) is 0 Å². The summed E-state index contributed by atoms with van der Waals surface area (Å²) in [5, 5.41) is 3.02. The molecule has 0 unspecified atom stereocenters. The molecular weight excluding hydrogens is 308 g/mol. The molecule has 0 saturated heterocycles. The number of hydrogen-bond donors (Lipinski definition) is 2. The van der Waals surface area contributed by atoms with Crippen molar-refractivity contribution in [1.82, 2.24) is 0 Å². The van der Waals surface area contributed by atoms with Crippen LogP contribution in [-0.4, -0.2) is 5.91 Å². The molecule has 1 N–H and O–H groups in total. The van der Waals surface area contributed by atoms with E-state index >= 15 is 0 Å². The summed E-state index contributed by atoms with van der Waals surface area (Å²) in [7, 11) is 0. The largest absolute Gasteiger partial charge is 0.320 e. The molecule has 0 aliphatic carbocycles. The van der Waals surface area contributed by atoms with Gasteiger partial charge in [-0.05, 0) is 30.3 Å². The number of carbonyl (C=O) groups excluding carboxylic acids is 1. The van der Waals surface area contributed by atoms with Crippen LogP contribution in [0.3, 0.4) is 0 Å². The molecule has 0 saturated carbocycles. The van der Waals surface area contributed by atoms with Crippen molar-refractivity contribution < 1.29 is 9.18 Å². The molecule has 0 fully saturated rings. The predicted octanol–water partition coefficient (Wildman–Crippen LogP) is 4.67. The Kier molecular flexibility index (Phi) is 4.34. The van der Waals surface area contributed by atoms with Crippen molar-refractivity contribution in [3.8, 4) is 0 Å². The zero-order valence-electron chi connectivity index (χ0n) is 9.45. The van der Waals surface area contributed by atoms with Crippen molar-refractivity contribution in [3.05, 3.63) is 57.8 Å². The van der Waals surface area contributed by atoms with E-state index in [0.29, 0.717) is 15.6 Å². The highest BCUT2D eigenvalue weighted by molar-refractivity contribution is 7.80. The lowest BCUT2D eigenvalue weighted by Crippen LogP contribution is -2.14. The molecule has 0 spiro atoms. The zero-order valence-corrected chi connectivity index (χ0v) is 11.9. The fourth-order valence-electron chi connectivity index (χ4n) is 1.48. The molecule has 1 amide bonds. The summed E-state index contributed by atoms with van der Waals surface area (Å²) < 4.78 is 13.5. The third-order valence-corrected chi connectivity index (χ3v) is 3.49. The van der Waals surface area contributed by atoms with Gasteiger partial charge in [-0.1, -0.05) is 29.3 Å². The lowest BCUT2D eigenvalue weighted by molar-refractivity contribution is 0.102. The Hall–Kier alpha value is -1.23. The van der Waals surface area contributed by atoms with Crippen LogP contribution in [0.15, 0.2) is 41.3 Å². The number of thiol groups is 1. The van der Waals surface area contributed by atoms with E-state index in [2.05, 4.69) is 17.9 Å². The normalized spacial score (nSPS) is 10.3. The molecule has 2 rings (SSSR count). The Morgan fingerprint density at radius 2 is 1.95 bits per heavy atom. The highest BCUT2D eigenvalue weighted by Gasteiger charge is 2.14. The smallest absolute Gasteiger partial charge is 0.258 e. The van der Waals surface area contributed by atoms with E-state index in [1.807, 2.05) is 0 Å². The monoisotopic (exact) mass is 315 g/mol. The van der Waals surface area contributed by atoms with Crippen LogP contribution in [0.1, 0.15) is 10.4 Å². The number of benzene rings is 2. The van der Waals surface area contributed by atoms with Gasteiger partial charge in [0.2, 0.25) is 0 Å². The van der Waals surface area contributed by atoms with Crippen molar-refractivity contribution in [1.29, 1.82) is 0 Å². The van der Waals surface area contributed by atoms with Crippen LogP contribution in [0.5, 0.6) is 0 Å². The van der Waals surface area contributed by atoms with Crippen LogP contribution >= 0.6 is 35.8 Å². The van der Waals surface area contributed by atoms with Crippen molar-refractivity contribution in [2.45, 2.75) is 4.90 Å². The Morgan fingerprint density at radius 3 is 2.68 bits per heavy atom. The fraction of sp³-hybridized carbons (Fsp3) is 0. The third kappa shape index (κ3) is 3.21. The van der Waals surface area contributed by atoms with Crippen LogP contribution in [0.4, 0.5) is 10.1 Å². The number of rotatable bonds is 2. The second-order valence-electron chi connectivity index (χ2n) is 3.72. The van der Waals surface area contributed by atoms with Gasteiger partial charge in [0.05, 0.1) is 21.3 Å². The van der Waals surface area contributed by atoms with Gasteiger partial charge in [-0.15, -0.1) is 12.6 Å². The van der Waals surface area contributed by atoms with Crippen LogP contribution in [0, 0.1) is 5.82 Å². The third-order valence-electron chi connectivity index (χ3n) is 2.39. The lowest BCUT2D eigenvalue weighted by Gasteiger charge is -2.09. The summed E-state index contributed by atoms with van der Waals surface area (Å²) in [4.78, 5) is 12.5. The number of anilines is 1. The summed E-state index contributed by atoms with van der Waals surface area (Å²) in [5.74, 6) is -1.24. The van der Waals surface area contributed by atoms with E-state index in [1.54, 1.807) is 18.2 Å². The van der Waals surface area contributed by atoms with Gasteiger partial charge in [0, 0.05) is 4.90 Å². The summed E-state index contributed by atoms with van der Waals surface area (Å²) in [6, 6.07) is 8.78. The quantitative estimate of drug-likeness (QED) is 0.774. The Balaban J connectivity index is 2.31. The molecule has 2 aromatic rings. The molecule has 0 atom stereocenters. The summed E-state index contributed by atoms with van der Waals surface area (Å²) >= 11 is 15.8. The van der Waals surface area contributed by atoms with Crippen molar-refractivity contribution >= 4 is 47.4 Å². The molecule has 19 heavy (non-hydrogen) atoms. The standard InChI is InChI=1S/C13H8Cl2FNOS/c14-9-2-1-3-11(12(9)15)17-13(18)8-6-7(19)4-5-10(8)16/h1-6,19H,(H,17,18). The van der Waals surface area contributed by atoms with Crippen LogP contribution in [-0.2, 0) is 0 Å². The number of halogens is 3. The lowest BCUT2D eigenvalue weighted by atomic mass is 10.2. The van der Waals surface area contributed by atoms with Gasteiger partial charge in [0.1, 0.15) is 5.82 Å². The first kappa shape index (κ1) is 14.2. The number of nitrogens with one attached hydrogen (secondary N) is 1. The molecular formula is C13H8Cl2FNOS. The van der Waals surface area contributed by atoms with E-state index in [-0.39, 0.29) is 10.6 Å². The fourth-order valence-corrected chi connectivity index (χ4v) is 2.03. The van der Waals surface area contributed by atoms with E-state index in [9.17, 15) is 9.18 Å². The molecule has 0 heterocycles. The van der Waals surface area contributed by atoms with E-state index in [4.69, 9.17) is 23.2 Å². The Bertz CT molecular complexity index is 649. The average Bonchev–Trinajstić information content (AvgIpc) is 2.38. The highest BCUT2D eigenvalue weighted by Crippen LogP contribution is 2.30. The topological polar surface area (TPSA) is 29.1 Å². The maximum absolute atomic E-state index is 13.5. The van der Waals surface area contributed by atoms with Crippen LogP contribution in [0.2, 0.25) is 10.0 Å². The molecule has 0 aromatic heterocycles. The Labute approximate surface area is 124 Å². The van der Waals surface area contributed by atoms with Gasteiger partial charge in [0.15, 0.2) is 0 Å². The Morgan fingerprint density at radius 1 is 1.21 bits per heavy atom. The van der Waals surface area contributed by atoms with Crippen molar-refractivity contribution in [2.24, 2.45) is 0 Å². The minimum Gasteiger partial charge on any atom is -0.320 e. The van der Waals surface area contributed by atoms with Gasteiger partial charge in [-0.25, -0.2) is 4.39 Å². The SMILES string of the molecule is O=C(Nc1cccc(Cl)c1Cl)c1cc(S)ccc1F. The molecule has 0 bridgehead atoms. The molecule has 2 aromatic carbocycles. The van der Waals surface area contributed by atoms with Crippen LogP contribution < -0.4 is 5.32 Å². The first-order valence-electron chi connectivity index (χ1n) is 5.23. The van der Waals surface area contributed by atoms with Gasteiger partial charge in [0.25, 0.3) is 5.91 Å². The molecule has 2 nitrogen and oxygen atoms in total. The summed E-state index contributed by atoms with van der Waals surface area (Å²) in [5.41, 5.74) is 0.215. The number of amides is 1. The van der Waals surface area contributed by atoms with Gasteiger partial charge in [-0.2, -0.15) is 0 Å². The highest BCUT2D eigenvalue weighted by atomic mass is 35.5. The second kappa shape index (κ2) is 5.82.